The average Bonchev–Trinajstić information content (AvgIpc) is 3.30. The van der Waals surface area contributed by atoms with Crippen molar-refractivity contribution in [2.24, 2.45) is 0 Å². The minimum atomic E-state index is -4.46. The zero-order valence-electron chi connectivity index (χ0n) is 23.3. The number of ether oxygens (including phenoxy) is 2. The lowest BCUT2D eigenvalue weighted by molar-refractivity contribution is -0.0330. The van der Waals surface area contributed by atoms with Crippen LogP contribution in [-0.2, 0) is 11.2 Å². The Morgan fingerprint density at radius 2 is 1.98 bits per heavy atom. The summed E-state index contributed by atoms with van der Waals surface area (Å²) < 4.78 is 69.3. The van der Waals surface area contributed by atoms with Gasteiger partial charge < -0.3 is 29.8 Å². The van der Waals surface area contributed by atoms with Crippen LogP contribution in [0.15, 0.2) is 47.6 Å². The van der Waals surface area contributed by atoms with Crippen molar-refractivity contribution in [3.05, 3.63) is 53.7 Å². The van der Waals surface area contributed by atoms with Gasteiger partial charge in [0, 0.05) is 56.7 Å². The van der Waals surface area contributed by atoms with Crippen molar-refractivity contribution in [3.63, 3.8) is 0 Å². The van der Waals surface area contributed by atoms with Gasteiger partial charge in [-0.15, -0.1) is 0 Å². The maximum absolute atomic E-state index is 15.2. The predicted octanol–water partition coefficient (Wildman–Crippen LogP) is 5.19. The van der Waals surface area contributed by atoms with E-state index in [1.54, 1.807) is 54.0 Å². The number of thioether (sulfide) groups is 1. The summed E-state index contributed by atoms with van der Waals surface area (Å²) in [5.74, 6) is 0.228. The highest BCUT2D eigenvalue weighted by Gasteiger charge is 2.33. The summed E-state index contributed by atoms with van der Waals surface area (Å²) in [5, 5.41) is 9.29. The molecule has 42 heavy (non-hydrogen) atoms. The number of nitrogens with one attached hydrogen (secondary N) is 3. The third kappa shape index (κ3) is 7.42. The molecular weight excluding hydrogens is 574 g/mol. The second-order valence-electron chi connectivity index (χ2n) is 10.3. The van der Waals surface area contributed by atoms with E-state index in [1.807, 2.05) is 4.90 Å². The first-order valence-electron chi connectivity index (χ1n) is 14.0. The van der Waals surface area contributed by atoms with Crippen molar-refractivity contribution < 1.29 is 31.8 Å². The first-order valence-corrected chi connectivity index (χ1v) is 14.9. The number of hydrogen-bond donors (Lipinski definition) is 3. The zero-order valence-corrected chi connectivity index (χ0v) is 24.1. The molecule has 4 bridgehead atoms. The summed E-state index contributed by atoms with van der Waals surface area (Å²) in [4.78, 5) is 14.2. The molecule has 6 rings (SSSR count). The van der Waals surface area contributed by atoms with Gasteiger partial charge in [0.1, 0.15) is 18.5 Å². The summed E-state index contributed by atoms with van der Waals surface area (Å²) in [5.41, 5.74) is -1.60. The molecule has 13 heteroatoms. The van der Waals surface area contributed by atoms with Crippen molar-refractivity contribution >= 4 is 34.6 Å². The van der Waals surface area contributed by atoms with Gasteiger partial charge in [-0.2, -0.15) is 13.2 Å². The minimum Gasteiger partial charge on any atom is -0.489 e. The molecule has 3 aliphatic heterocycles. The fourth-order valence-electron chi connectivity index (χ4n) is 5.37. The number of pyridine rings is 1. The summed E-state index contributed by atoms with van der Waals surface area (Å²) in [6, 6.07) is 9.87. The monoisotopic (exact) mass is 609 g/mol. The van der Waals surface area contributed by atoms with Crippen molar-refractivity contribution in [2.45, 2.75) is 42.0 Å². The Bertz CT molecular complexity index is 1390. The van der Waals surface area contributed by atoms with Crippen molar-refractivity contribution in [3.8, 4) is 5.75 Å². The van der Waals surface area contributed by atoms with Gasteiger partial charge in [0.2, 0.25) is 0 Å². The quantitative estimate of drug-likeness (QED) is 0.273. The van der Waals surface area contributed by atoms with E-state index in [0.717, 1.165) is 0 Å². The number of fused-ring (bicyclic) bond motifs is 10. The first-order chi connectivity index (χ1) is 20.2. The molecule has 0 saturated carbocycles. The van der Waals surface area contributed by atoms with Crippen LogP contribution in [-0.4, -0.2) is 86.0 Å². The Morgan fingerprint density at radius 3 is 2.76 bits per heavy atom. The van der Waals surface area contributed by atoms with Crippen LogP contribution in [0.25, 0.3) is 5.52 Å². The van der Waals surface area contributed by atoms with E-state index in [9.17, 15) is 18.0 Å². The van der Waals surface area contributed by atoms with Crippen LogP contribution in [0.2, 0.25) is 0 Å². The van der Waals surface area contributed by atoms with E-state index in [2.05, 4.69) is 16.0 Å². The normalized spacial score (nSPS) is 22.4. The molecule has 228 valence electrons. The van der Waals surface area contributed by atoms with Crippen LogP contribution >= 0.6 is 11.8 Å². The van der Waals surface area contributed by atoms with Crippen LogP contribution in [0.1, 0.15) is 28.8 Å². The Balaban J connectivity index is 1.43. The second kappa shape index (κ2) is 13.4. The number of halogens is 4. The van der Waals surface area contributed by atoms with E-state index in [0.29, 0.717) is 85.9 Å². The molecule has 2 aromatic heterocycles. The number of benzene rings is 1. The molecule has 5 heterocycles. The number of piperidine rings is 1. The maximum atomic E-state index is 15.2. The number of alkyl halides is 4. The standard InChI is InChI=1S/C29H35F4N5O3S/c1-34-27(39)19-6-7-24-26(17-19)41-15-14-40-13-12-37-11-8-22(21(30)18-37)36-23-5-3-10-38-25(23)16-20(4-2-9-35-24)28(38)42-29(31,32)33/h3,5-7,10,16-17,21-22,35-36H,2,4,8-9,11-15,18H2,1H3,(H,34,39)/t21-,22+/m0/s1. The summed E-state index contributed by atoms with van der Waals surface area (Å²) in [6.07, 6.45) is 1.94. The van der Waals surface area contributed by atoms with Gasteiger partial charge in [-0.25, -0.2) is 4.39 Å². The fourth-order valence-corrected chi connectivity index (χ4v) is 6.14. The van der Waals surface area contributed by atoms with E-state index in [1.165, 1.54) is 0 Å². The van der Waals surface area contributed by atoms with Crippen LogP contribution in [0.4, 0.5) is 28.9 Å². The molecule has 1 aromatic carbocycles. The van der Waals surface area contributed by atoms with E-state index >= 15 is 4.39 Å². The third-order valence-corrected chi connectivity index (χ3v) is 8.35. The lowest BCUT2D eigenvalue weighted by Gasteiger charge is -2.35. The molecule has 1 saturated heterocycles. The Kier molecular flexibility index (Phi) is 9.69. The number of anilines is 2. The fraction of sp³-hybridized carbons (Fsp3) is 0.483. The second-order valence-corrected chi connectivity index (χ2v) is 11.4. The summed E-state index contributed by atoms with van der Waals surface area (Å²) in [7, 11) is 1.55. The van der Waals surface area contributed by atoms with Crippen LogP contribution < -0.4 is 20.7 Å². The van der Waals surface area contributed by atoms with Gasteiger partial charge in [0.05, 0.1) is 41.2 Å². The molecule has 1 fully saturated rings. The molecule has 0 spiro atoms. The molecule has 3 aromatic rings. The third-order valence-electron chi connectivity index (χ3n) is 7.46. The SMILES string of the molecule is CNC(=O)c1ccc2c(c1)OCCOCCN1CC[C@@H](Nc3cccn4c(SC(F)(F)F)c(cc34)CCCN2)[C@@H](F)C1. The molecule has 3 aliphatic rings. The van der Waals surface area contributed by atoms with Crippen LogP contribution in [0.5, 0.6) is 5.75 Å². The largest absolute Gasteiger partial charge is 0.489 e. The van der Waals surface area contributed by atoms with Gasteiger partial charge in [-0.1, -0.05) is 0 Å². The summed E-state index contributed by atoms with van der Waals surface area (Å²) >= 11 is -0.135. The molecule has 0 aliphatic carbocycles. The van der Waals surface area contributed by atoms with Gasteiger partial charge in [-0.3, -0.25) is 9.69 Å². The van der Waals surface area contributed by atoms with Crippen molar-refractivity contribution in [1.82, 2.24) is 14.6 Å². The molecule has 3 N–H and O–H groups in total. The maximum Gasteiger partial charge on any atom is 0.447 e. The predicted molar refractivity (Wildman–Crippen MR) is 156 cm³/mol. The molecule has 3 atom stereocenters. The summed E-state index contributed by atoms with van der Waals surface area (Å²) in [6.45, 7) is 2.93. The topological polar surface area (TPSA) is 79.3 Å². The van der Waals surface area contributed by atoms with Gasteiger partial charge in [0.25, 0.3) is 5.91 Å². The van der Waals surface area contributed by atoms with E-state index in [-0.39, 0.29) is 35.8 Å². The number of rotatable bonds is 2. The minimum absolute atomic E-state index is 0.105. The average molecular weight is 610 g/mol. The number of carbonyl (C=O) groups excluding carboxylic acids is 1. The number of aromatic nitrogens is 1. The lowest BCUT2D eigenvalue weighted by atomic mass is 10.0. The number of nitrogens with zero attached hydrogens (tertiary/aromatic N) is 2. The van der Waals surface area contributed by atoms with Crippen LogP contribution in [0.3, 0.4) is 0 Å². The lowest BCUT2D eigenvalue weighted by Crippen LogP contribution is -2.48. The van der Waals surface area contributed by atoms with E-state index in [4.69, 9.17) is 9.47 Å². The van der Waals surface area contributed by atoms with Crippen molar-refractivity contribution in [2.75, 3.05) is 63.7 Å². The number of hydrogen-bond acceptors (Lipinski definition) is 7. The Hall–Kier alpha value is -3.16. The molecular formula is C29H35F4N5O3S. The molecule has 1 unspecified atom stereocenters. The van der Waals surface area contributed by atoms with Gasteiger partial charge in [0.15, 0.2) is 0 Å². The smallest absolute Gasteiger partial charge is 0.447 e. The highest BCUT2D eigenvalue weighted by Crippen LogP contribution is 2.41. The van der Waals surface area contributed by atoms with Gasteiger partial charge >= 0.3 is 5.51 Å². The zero-order chi connectivity index (χ0) is 29.7. The number of aryl methyl sites for hydroxylation is 1. The van der Waals surface area contributed by atoms with Crippen LogP contribution in [0, 0.1) is 0 Å². The molecule has 8 nitrogen and oxygen atoms in total. The highest BCUT2D eigenvalue weighted by molar-refractivity contribution is 8.00. The molecule has 1 amide bonds. The number of amides is 1. The first kappa shape index (κ1) is 30.3. The highest BCUT2D eigenvalue weighted by atomic mass is 32.2. The van der Waals surface area contributed by atoms with E-state index < -0.39 is 17.7 Å². The Labute approximate surface area is 246 Å². The Morgan fingerprint density at radius 1 is 1.12 bits per heavy atom. The number of carbonyl (C=O) groups is 1. The molecule has 0 radical (unpaired) electrons. The van der Waals surface area contributed by atoms with Gasteiger partial charge in [-0.05, 0) is 61.2 Å². The van der Waals surface area contributed by atoms with Crippen molar-refractivity contribution in [1.29, 1.82) is 0 Å².